The Kier molecular flexibility index (Phi) is 3.30. The normalized spacial score (nSPS) is 16.5. The van der Waals surface area contributed by atoms with Gasteiger partial charge in [-0.2, -0.15) is 0 Å². The molecule has 3 rings (SSSR count). The van der Waals surface area contributed by atoms with Gasteiger partial charge in [0.2, 0.25) is 0 Å². The molecule has 1 saturated carbocycles. The number of hydrogen-bond acceptors (Lipinski definition) is 2. The second-order valence-corrected chi connectivity index (χ2v) is 6.25. The predicted octanol–water partition coefficient (Wildman–Crippen LogP) is 5.23. The fourth-order valence-electron chi connectivity index (χ4n) is 2.45. The second kappa shape index (κ2) is 4.91. The molecule has 3 heteroatoms. The number of hydrogen-bond donors (Lipinski definition) is 0. The number of halogens is 1. The summed E-state index contributed by atoms with van der Waals surface area (Å²) in [5, 5.41) is 3.38. The number of benzene rings is 1. The van der Waals surface area contributed by atoms with E-state index in [1.807, 2.05) is 6.07 Å². The Morgan fingerprint density at radius 1 is 1.18 bits per heavy atom. The van der Waals surface area contributed by atoms with Crippen molar-refractivity contribution < 1.29 is 0 Å². The summed E-state index contributed by atoms with van der Waals surface area (Å²) in [7, 11) is 0. The van der Waals surface area contributed by atoms with Gasteiger partial charge < -0.3 is 0 Å². The van der Waals surface area contributed by atoms with Crippen molar-refractivity contribution in [2.24, 2.45) is 0 Å². The molecule has 0 spiro atoms. The van der Waals surface area contributed by atoms with E-state index in [1.165, 1.54) is 36.9 Å². The first-order chi connectivity index (χ1) is 8.34. The standard InChI is InChI=1S/C14H14BrNS/c15-12-8-4-3-7-11(12)14-16-13(9-17-14)10-5-1-2-6-10/h3-4,7-10H,1-2,5-6H2. The molecule has 0 bridgehead atoms. The van der Waals surface area contributed by atoms with E-state index in [0.29, 0.717) is 5.92 Å². The fraction of sp³-hybridized carbons (Fsp3) is 0.357. The van der Waals surface area contributed by atoms with Crippen molar-refractivity contribution in [1.82, 2.24) is 4.98 Å². The monoisotopic (exact) mass is 307 g/mol. The maximum absolute atomic E-state index is 4.81. The molecule has 1 aliphatic carbocycles. The van der Waals surface area contributed by atoms with Crippen LogP contribution in [0.4, 0.5) is 0 Å². The topological polar surface area (TPSA) is 12.9 Å². The molecule has 0 radical (unpaired) electrons. The lowest BCUT2D eigenvalue weighted by molar-refractivity contribution is 0.703. The van der Waals surface area contributed by atoms with Gasteiger partial charge in [0.05, 0.1) is 5.69 Å². The molecular weight excluding hydrogens is 294 g/mol. The Hall–Kier alpha value is -0.670. The molecule has 1 heterocycles. The van der Waals surface area contributed by atoms with Crippen molar-refractivity contribution in [1.29, 1.82) is 0 Å². The van der Waals surface area contributed by atoms with Crippen molar-refractivity contribution in [2.75, 3.05) is 0 Å². The minimum Gasteiger partial charge on any atom is -0.241 e. The van der Waals surface area contributed by atoms with E-state index in [2.05, 4.69) is 39.5 Å². The highest BCUT2D eigenvalue weighted by atomic mass is 79.9. The second-order valence-electron chi connectivity index (χ2n) is 4.54. The summed E-state index contributed by atoms with van der Waals surface area (Å²) in [6.45, 7) is 0. The first-order valence-electron chi connectivity index (χ1n) is 6.05. The molecule has 0 aliphatic heterocycles. The summed E-state index contributed by atoms with van der Waals surface area (Å²) in [6.07, 6.45) is 5.37. The molecular formula is C14H14BrNS. The first-order valence-corrected chi connectivity index (χ1v) is 7.72. The summed E-state index contributed by atoms with van der Waals surface area (Å²) in [6, 6.07) is 8.31. The molecule has 0 saturated heterocycles. The highest BCUT2D eigenvalue weighted by molar-refractivity contribution is 9.10. The molecule has 17 heavy (non-hydrogen) atoms. The quantitative estimate of drug-likeness (QED) is 0.740. The van der Waals surface area contributed by atoms with Crippen molar-refractivity contribution in [3.05, 3.63) is 39.8 Å². The number of nitrogens with zero attached hydrogens (tertiary/aromatic N) is 1. The Labute approximate surface area is 114 Å². The minimum absolute atomic E-state index is 0.711. The van der Waals surface area contributed by atoms with Gasteiger partial charge in [0.25, 0.3) is 0 Å². The summed E-state index contributed by atoms with van der Waals surface area (Å²) >= 11 is 5.35. The van der Waals surface area contributed by atoms with Gasteiger partial charge in [0.1, 0.15) is 5.01 Å². The molecule has 1 aromatic heterocycles. The van der Waals surface area contributed by atoms with Crippen LogP contribution in [0.25, 0.3) is 10.6 Å². The van der Waals surface area contributed by atoms with Gasteiger partial charge in [-0.15, -0.1) is 11.3 Å². The molecule has 1 aromatic carbocycles. The van der Waals surface area contributed by atoms with Crippen LogP contribution in [-0.2, 0) is 0 Å². The van der Waals surface area contributed by atoms with Gasteiger partial charge in [0, 0.05) is 21.3 Å². The van der Waals surface area contributed by atoms with Crippen LogP contribution in [-0.4, -0.2) is 4.98 Å². The van der Waals surface area contributed by atoms with E-state index in [9.17, 15) is 0 Å². The van der Waals surface area contributed by atoms with Gasteiger partial charge >= 0.3 is 0 Å². The van der Waals surface area contributed by atoms with Crippen LogP contribution in [0, 0.1) is 0 Å². The van der Waals surface area contributed by atoms with Gasteiger partial charge in [-0.3, -0.25) is 0 Å². The smallest absolute Gasteiger partial charge is 0.124 e. The van der Waals surface area contributed by atoms with Crippen LogP contribution in [0.1, 0.15) is 37.3 Å². The fourth-order valence-corrected chi connectivity index (χ4v) is 4.00. The molecule has 0 N–H and O–H groups in total. The van der Waals surface area contributed by atoms with Gasteiger partial charge in [0.15, 0.2) is 0 Å². The van der Waals surface area contributed by atoms with E-state index < -0.39 is 0 Å². The van der Waals surface area contributed by atoms with Crippen molar-refractivity contribution in [2.45, 2.75) is 31.6 Å². The largest absolute Gasteiger partial charge is 0.241 e. The minimum atomic E-state index is 0.711. The van der Waals surface area contributed by atoms with Crippen LogP contribution in [0.5, 0.6) is 0 Å². The van der Waals surface area contributed by atoms with E-state index in [1.54, 1.807) is 11.3 Å². The highest BCUT2D eigenvalue weighted by Gasteiger charge is 2.20. The van der Waals surface area contributed by atoms with Crippen molar-refractivity contribution in [3.8, 4) is 10.6 Å². The van der Waals surface area contributed by atoms with E-state index >= 15 is 0 Å². The lowest BCUT2D eigenvalue weighted by Crippen LogP contribution is -1.92. The maximum atomic E-state index is 4.81. The van der Waals surface area contributed by atoms with Crippen LogP contribution < -0.4 is 0 Å². The lowest BCUT2D eigenvalue weighted by Gasteiger charge is -2.03. The third-order valence-electron chi connectivity index (χ3n) is 3.40. The Morgan fingerprint density at radius 2 is 1.94 bits per heavy atom. The summed E-state index contributed by atoms with van der Waals surface area (Å²) < 4.78 is 1.13. The molecule has 88 valence electrons. The predicted molar refractivity (Wildman–Crippen MR) is 76.5 cm³/mol. The third-order valence-corrected chi connectivity index (χ3v) is 4.98. The van der Waals surface area contributed by atoms with Crippen LogP contribution in [0.15, 0.2) is 34.1 Å². The summed E-state index contributed by atoms with van der Waals surface area (Å²) in [5.74, 6) is 0.711. The summed E-state index contributed by atoms with van der Waals surface area (Å²) in [5.41, 5.74) is 2.51. The number of thiazole rings is 1. The zero-order valence-electron chi connectivity index (χ0n) is 9.53. The Bertz CT molecular complexity index is 514. The van der Waals surface area contributed by atoms with E-state index in [-0.39, 0.29) is 0 Å². The maximum Gasteiger partial charge on any atom is 0.124 e. The Balaban J connectivity index is 1.92. The summed E-state index contributed by atoms with van der Waals surface area (Å²) in [4.78, 5) is 4.81. The zero-order chi connectivity index (χ0) is 11.7. The van der Waals surface area contributed by atoms with Crippen LogP contribution in [0.2, 0.25) is 0 Å². The average Bonchev–Trinajstić information content (AvgIpc) is 3.00. The van der Waals surface area contributed by atoms with Gasteiger partial charge in [-0.25, -0.2) is 4.98 Å². The molecule has 1 aliphatic rings. The van der Waals surface area contributed by atoms with Gasteiger partial charge in [-0.1, -0.05) is 47.0 Å². The number of aromatic nitrogens is 1. The first kappa shape index (κ1) is 11.4. The number of rotatable bonds is 2. The third kappa shape index (κ3) is 2.31. The van der Waals surface area contributed by atoms with E-state index in [0.717, 1.165) is 9.48 Å². The average molecular weight is 308 g/mol. The zero-order valence-corrected chi connectivity index (χ0v) is 11.9. The van der Waals surface area contributed by atoms with Gasteiger partial charge in [-0.05, 0) is 18.9 Å². The molecule has 2 aromatic rings. The SMILES string of the molecule is Brc1ccccc1-c1nc(C2CCCC2)cs1. The van der Waals surface area contributed by atoms with Crippen molar-refractivity contribution in [3.63, 3.8) is 0 Å². The van der Waals surface area contributed by atoms with E-state index in [4.69, 9.17) is 4.98 Å². The Morgan fingerprint density at radius 3 is 2.71 bits per heavy atom. The van der Waals surface area contributed by atoms with Crippen LogP contribution >= 0.6 is 27.3 Å². The molecule has 0 atom stereocenters. The molecule has 1 fully saturated rings. The van der Waals surface area contributed by atoms with Crippen molar-refractivity contribution >= 4 is 27.3 Å². The lowest BCUT2D eigenvalue weighted by atomic mass is 10.1. The molecule has 1 nitrogen and oxygen atoms in total. The van der Waals surface area contributed by atoms with Crippen LogP contribution in [0.3, 0.4) is 0 Å². The highest BCUT2D eigenvalue weighted by Crippen LogP contribution is 2.37. The molecule has 0 unspecified atom stereocenters. The molecule has 0 amide bonds.